The highest BCUT2D eigenvalue weighted by molar-refractivity contribution is 7.12. The number of nitrogens with two attached hydrogens (primary N) is 1. The standard InChI is InChI=1S/C12H16N4OS/c1-7-4-9(18-8(7)2)5-14-12(17)10-6-15-16(3)11(10)13/h4,6H,5,13H2,1-3H3,(H,14,17). The van der Waals surface area contributed by atoms with Crippen LogP contribution in [0.25, 0.3) is 0 Å². The highest BCUT2D eigenvalue weighted by Gasteiger charge is 2.13. The van der Waals surface area contributed by atoms with Gasteiger partial charge in [-0.25, -0.2) is 0 Å². The summed E-state index contributed by atoms with van der Waals surface area (Å²) >= 11 is 1.69. The highest BCUT2D eigenvalue weighted by Crippen LogP contribution is 2.20. The second-order valence-electron chi connectivity index (χ2n) is 4.20. The number of anilines is 1. The van der Waals surface area contributed by atoms with E-state index >= 15 is 0 Å². The van der Waals surface area contributed by atoms with Crippen molar-refractivity contribution in [1.82, 2.24) is 15.1 Å². The number of nitrogen functional groups attached to an aromatic ring is 1. The van der Waals surface area contributed by atoms with Crippen molar-refractivity contribution in [2.75, 3.05) is 5.73 Å². The Bertz CT molecular complexity index is 565. The van der Waals surface area contributed by atoms with E-state index < -0.39 is 0 Å². The number of aryl methyl sites for hydroxylation is 3. The highest BCUT2D eigenvalue weighted by atomic mass is 32.1. The lowest BCUT2D eigenvalue weighted by Crippen LogP contribution is -2.23. The zero-order valence-electron chi connectivity index (χ0n) is 10.7. The second-order valence-corrected chi connectivity index (χ2v) is 5.54. The summed E-state index contributed by atoms with van der Waals surface area (Å²) in [6.45, 7) is 4.66. The number of carbonyl (C=O) groups is 1. The zero-order chi connectivity index (χ0) is 13.3. The largest absolute Gasteiger partial charge is 0.383 e. The molecule has 6 heteroatoms. The van der Waals surface area contributed by atoms with Crippen LogP contribution in [0.4, 0.5) is 5.82 Å². The van der Waals surface area contributed by atoms with E-state index in [4.69, 9.17) is 5.73 Å². The number of rotatable bonds is 3. The number of hydrogen-bond donors (Lipinski definition) is 2. The average Bonchev–Trinajstić information content (AvgIpc) is 2.82. The molecule has 2 aromatic heterocycles. The molecule has 0 fully saturated rings. The molecule has 0 aliphatic carbocycles. The monoisotopic (exact) mass is 264 g/mol. The molecule has 0 saturated heterocycles. The van der Waals surface area contributed by atoms with Gasteiger partial charge in [0.25, 0.3) is 5.91 Å². The Morgan fingerprint density at radius 1 is 1.56 bits per heavy atom. The van der Waals surface area contributed by atoms with E-state index in [1.54, 1.807) is 18.4 Å². The Balaban J connectivity index is 2.02. The summed E-state index contributed by atoms with van der Waals surface area (Å²) in [5, 5.41) is 6.79. The molecule has 96 valence electrons. The third-order valence-electron chi connectivity index (χ3n) is 2.87. The van der Waals surface area contributed by atoms with E-state index in [0.717, 1.165) is 4.88 Å². The van der Waals surface area contributed by atoms with Gasteiger partial charge >= 0.3 is 0 Å². The first-order chi connectivity index (χ1) is 8.49. The molecule has 18 heavy (non-hydrogen) atoms. The molecule has 1 amide bonds. The minimum Gasteiger partial charge on any atom is -0.383 e. The number of hydrogen-bond acceptors (Lipinski definition) is 4. The van der Waals surface area contributed by atoms with Crippen molar-refractivity contribution >= 4 is 23.1 Å². The SMILES string of the molecule is Cc1cc(CNC(=O)c2cnn(C)c2N)sc1C. The van der Waals surface area contributed by atoms with Crippen molar-refractivity contribution in [2.24, 2.45) is 7.05 Å². The van der Waals surface area contributed by atoms with Crippen LogP contribution in [0.1, 0.15) is 25.7 Å². The third-order valence-corrected chi connectivity index (χ3v) is 4.02. The summed E-state index contributed by atoms with van der Waals surface area (Å²) in [7, 11) is 1.71. The molecular formula is C12H16N4OS. The summed E-state index contributed by atoms with van der Waals surface area (Å²) in [4.78, 5) is 14.3. The quantitative estimate of drug-likeness (QED) is 0.884. The molecule has 0 aromatic carbocycles. The number of carbonyl (C=O) groups excluding carboxylic acids is 1. The molecular weight excluding hydrogens is 248 g/mol. The van der Waals surface area contributed by atoms with Gasteiger partial charge in [-0.1, -0.05) is 0 Å². The Morgan fingerprint density at radius 3 is 2.78 bits per heavy atom. The predicted molar refractivity (Wildman–Crippen MR) is 72.6 cm³/mol. The van der Waals surface area contributed by atoms with Crippen LogP contribution in [0.3, 0.4) is 0 Å². The van der Waals surface area contributed by atoms with Crippen LogP contribution in [-0.4, -0.2) is 15.7 Å². The fourth-order valence-electron chi connectivity index (χ4n) is 1.62. The van der Waals surface area contributed by atoms with E-state index in [-0.39, 0.29) is 5.91 Å². The predicted octanol–water partition coefficient (Wildman–Crippen LogP) is 1.61. The molecule has 0 bridgehead atoms. The molecule has 0 radical (unpaired) electrons. The van der Waals surface area contributed by atoms with Gasteiger partial charge in [-0.05, 0) is 25.5 Å². The summed E-state index contributed by atoms with van der Waals surface area (Å²) in [6, 6.07) is 2.09. The Hall–Kier alpha value is -1.82. The van der Waals surface area contributed by atoms with Crippen LogP contribution in [0.15, 0.2) is 12.3 Å². The Kier molecular flexibility index (Phi) is 3.38. The molecule has 0 atom stereocenters. The fourth-order valence-corrected chi connectivity index (χ4v) is 2.61. The fraction of sp³-hybridized carbons (Fsp3) is 0.333. The van der Waals surface area contributed by atoms with E-state index in [0.29, 0.717) is 17.9 Å². The van der Waals surface area contributed by atoms with Gasteiger partial charge in [0.05, 0.1) is 12.7 Å². The molecule has 2 heterocycles. The number of nitrogens with one attached hydrogen (secondary N) is 1. The first kappa shape index (κ1) is 12.6. The van der Waals surface area contributed by atoms with Crippen molar-refractivity contribution in [2.45, 2.75) is 20.4 Å². The third kappa shape index (κ3) is 2.38. The lowest BCUT2D eigenvalue weighted by atomic mass is 10.2. The van der Waals surface area contributed by atoms with Crippen LogP contribution in [0, 0.1) is 13.8 Å². The average molecular weight is 264 g/mol. The molecule has 0 spiro atoms. The van der Waals surface area contributed by atoms with Crippen LogP contribution < -0.4 is 11.1 Å². The van der Waals surface area contributed by atoms with Gasteiger partial charge in [-0.15, -0.1) is 11.3 Å². The lowest BCUT2D eigenvalue weighted by molar-refractivity contribution is 0.0952. The normalized spacial score (nSPS) is 10.6. The molecule has 0 unspecified atom stereocenters. The Labute approximate surface area is 110 Å². The summed E-state index contributed by atoms with van der Waals surface area (Å²) in [5.74, 6) is 0.190. The number of aromatic nitrogens is 2. The number of nitrogens with zero attached hydrogens (tertiary/aromatic N) is 2. The topological polar surface area (TPSA) is 72.9 Å². The van der Waals surface area contributed by atoms with Gasteiger partial charge in [0.15, 0.2) is 0 Å². The van der Waals surface area contributed by atoms with E-state index in [2.05, 4.69) is 30.3 Å². The van der Waals surface area contributed by atoms with Crippen LogP contribution in [0.2, 0.25) is 0 Å². The number of thiophene rings is 1. The zero-order valence-corrected chi connectivity index (χ0v) is 11.5. The maximum Gasteiger partial charge on any atom is 0.256 e. The van der Waals surface area contributed by atoms with Crippen molar-refractivity contribution in [3.05, 3.63) is 33.1 Å². The molecule has 0 aliphatic rings. The molecule has 3 N–H and O–H groups in total. The summed E-state index contributed by atoms with van der Waals surface area (Å²) in [5.41, 5.74) is 7.42. The molecule has 2 rings (SSSR count). The van der Waals surface area contributed by atoms with Gasteiger partial charge in [0.1, 0.15) is 11.4 Å². The van der Waals surface area contributed by atoms with Gasteiger partial charge < -0.3 is 11.1 Å². The second kappa shape index (κ2) is 4.81. The minimum absolute atomic E-state index is 0.190. The van der Waals surface area contributed by atoms with Gasteiger partial charge in [0.2, 0.25) is 0 Å². The first-order valence-corrected chi connectivity index (χ1v) is 6.42. The Morgan fingerprint density at radius 2 is 2.28 bits per heavy atom. The summed E-state index contributed by atoms with van der Waals surface area (Å²) < 4.78 is 1.48. The van der Waals surface area contributed by atoms with E-state index in [1.807, 2.05) is 0 Å². The first-order valence-electron chi connectivity index (χ1n) is 5.60. The van der Waals surface area contributed by atoms with Crippen molar-refractivity contribution in [3.63, 3.8) is 0 Å². The van der Waals surface area contributed by atoms with Crippen molar-refractivity contribution in [1.29, 1.82) is 0 Å². The van der Waals surface area contributed by atoms with E-state index in [9.17, 15) is 4.79 Å². The summed E-state index contributed by atoms with van der Waals surface area (Å²) in [6.07, 6.45) is 1.48. The lowest BCUT2D eigenvalue weighted by Gasteiger charge is -2.02. The molecule has 0 aliphatic heterocycles. The van der Waals surface area contributed by atoms with Crippen LogP contribution in [0.5, 0.6) is 0 Å². The van der Waals surface area contributed by atoms with Crippen LogP contribution in [-0.2, 0) is 13.6 Å². The van der Waals surface area contributed by atoms with Gasteiger partial charge in [-0.3, -0.25) is 9.48 Å². The maximum absolute atomic E-state index is 11.9. The maximum atomic E-state index is 11.9. The van der Waals surface area contributed by atoms with Gasteiger partial charge in [0, 0.05) is 16.8 Å². The van der Waals surface area contributed by atoms with Crippen molar-refractivity contribution in [3.8, 4) is 0 Å². The smallest absolute Gasteiger partial charge is 0.256 e. The molecule has 2 aromatic rings. The number of amides is 1. The van der Waals surface area contributed by atoms with Gasteiger partial charge in [-0.2, -0.15) is 5.10 Å². The van der Waals surface area contributed by atoms with E-state index in [1.165, 1.54) is 21.3 Å². The van der Waals surface area contributed by atoms with Crippen molar-refractivity contribution < 1.29 is 4.79 Å². The molecule has 5 nitrogen and oxygen atoms in total. The van der Waals surface area contributed by atoms with Crippen LogP contribution >= 0.6 is 11.3 Å². The molecule has 0 saturated carbocycles. The minimum atomic E-state index is -0.190.